The van der Waals surface area contributed by atoms with Gasteiger partial charge in [-0.1, -0.05) is 52.7 Å². The lowest BCUT2D eigenvalue weighted by Crippen LogP contribution is -2.26. The summed E-state index contributed by atoms with van der Waals surface area (Å²) in [6.45, 7) is 9.80. The SMILES string of the molecule is CCCC(OCC1CCC2OC2C1)Oc1ccc(C(=O)Oc2ccc3c(c2)C(C)(C)c2cc(OC(=O)c4ccc(OC(CCC)OCC5CCC6OC6C5)cc4)ccc2-3)cc1. The molecule has 9 rings (SSSR count). The van der Waals surface area contributed by atoms with Crippen LogP contribution in [0.3, 0.4) is 0 Å². The van der Waals surface area contributed by atoms with Crippen molar-refractivity contribution in [3.63, 3.8) is 0 Å². The highest BCUT2D eigenvalue weighted by Gasteiger charge is 2.45. The quantitative estimate of drug-likeness (QED) is 0.0415. The number of fused-ring (bicyclic) bond motifs is 5. The molecule has 10 heteroatoms. The van der Waals surface area contributed by atoms with Gasteiger partial charge in [-0.05, 0) is 145 Å². The van der Waals surface area contributed by atoms with Crippen molar-refractivity contribution in [2.45, 2.75) is 134 Å². The van der Waals surface area contributed by atoms with Crippen LogP contribution in [0.4, 0.5) is 0 Å². The first-order chi connectivity index (χ1) is 29.6. The number of ether oxygens (including phenoxy) is 8. The fraction of sp³-hybridized carbons (Fsp3) is 0.490. The second-order valence-electron chi connectivity index (χ2n) is 18.0. The maximum atomic E-state index is 13.3. The van der Waals surface area contributed by atoms with Gasteiger partial charge in [0.05, 0.1) is 48.8 Å². The number of epoxide rings is 2. The van der Waals surface area contributed by atoms with Crippen LogP contribution >= 0.6 is 0 Å². The van der Waals surface area contributed by atoms with Crippen molar-refractivity contribution in [3.8, 4) is 34.1 Å². The molecule has 322 valence electrons. The zero-order valence-electron chi connectivity index (χ0n) is 35.8. The van der Waals surface area contributed by atoms with E-state index in [1.165, 1.54) is 0 Å². The molecule has 0 amide bonds. The Morgan fingerprint density at radius 2 is 0.984 bits per heavy atom. The van der Waals surface area contributed by atoms with E-state index in [1.807, 2.05) is 36.4 Å². The Kier molecular flexibility index (Phi) is 12.2. The summed E-state index contributed by atoms with van der Waals surface area (Å²) in [6.07, 6.45) is 11.2. The van der Waals surface area contributed by atoms with E-state index in [1.54, 1.807) is 48.5 Å². The third kappa shape index (κ3) is 9.68. The third-order valence-electron chi connectivity index (χ3n) is 13.1. The van der Waals surface area contributed by atoms with Gasteiger partial charge >= 0.3 is 11.9 Å². The lowest BCUT2D eigenvalue weighted by molar-refractivity contribution is -0.0983. The highest BCUT2D eigenvalue weighted by molar-refractivity contribution is 5.92. The standard InChI is InChI=1S/C51H58O10/c1-5-7-47(54-29-31-9-23-43-45(25-31)60-43)56-35-15-11-33(12-16-35)49(52)58-37-19-21-39-40-22-20-38(28-42(40)51(3,4)41(39)27-37)59-50(53)34-13-17-36(18-14-34)57-48(8-6-2)55-30-32-10-24-44-46(26-32)61-44/h11-22,27-28,31-32,43-48H,5-10,23-26,29-30H2,1-4H3. The number of rotatable bonds is 18. The molecule has 2 aliphatic heterocycles. The third-order valence-corrected chi connectivity index (χ3v) is 13.1. The van der Waals surface area contributed by atoms with Crippen molar-refractivity contribution in [2.75, 3.05) is 13.2 Å². The van der Waals surface area contributed by atoms with Crippen LogP contribution < -0.4 is 18.9 Å². The monoisotopic (exact) mass is 830 g/mol. The average Bonchev–Trinajstić information content (AvgIpc) is 4.20. The lowest BCUT2D eigenvalue weighted by atomic mass is 9.82. The Bertz CT molecular complexity index is 2030. The molecule has 8 atom stereocenters. The summed E-state index contributed by atoms with van der Waals surface area (Å²) in [4.78, 5) is 26.6. The largest absolute Gasteiger partial charge is 0.465 e. The van der Waals surface area contributed by atoms with Crippen LogP contribution in [0, 0.1) is 11.8 Å². The van der Waals surface area contributed by atoms with Crippen molar-refractivity contribution >= 4 is 11.9 Å². The van der Waals surface area contributed by atoms with Crippen LogP contribution in [0.5, 0.6) is 23.0 Å². The number of hydrogen-bond acceptors (Lipinski definition) is 10. The molecule has 0 aromatic heterocycles. The molecule has 4 aromatic rings. The normalized spacial score (nSPS) is 24.9. The summed E-state index contributed by atoms with van der Waals surface area (Å²) in [5.41, 5.74) is 4.52. The average molecular weight is 831 g/mol. The van der Waals surface area contributed by atoms with Crippen LogP contribution in [-0.4, -0.2) is 62.1 Å². The molecule has 61 heavy (non-hydrogen) atoms. The minimum atomic E-state index is -0.455. The molecule has 8 unspecified atom stereocenters. The number of benzene rings is 4. The molecule has 5 aliphatic rings. The number of hydrogen-bond donors (Lipinski definition) is 0. The predicted molar refractivity (Wildman–Crippen MR) is 229 cm³/mol. The molecule has 3 aliphatic carbocycles. The molecule has 0 radical (unpaired) electrons. The van der Waals surface area contributed by atoms with Gasteiger partial charge in [0, 0.05) is 18.3 Å². The van der Waals surface area contributed by atoms with Gasteiger partial charge in [-0.25, -0.2) is 9.59 Å². The van der Waals surface area contributed by atoms with Crippen LogP contribution in [0.2, 0.25) is 0 Å². The first kappa shape index (κ1) is 41.6. The molecule has 0 spiro atoms. The number of carbonyl (C=O) groups excluding carboxylic acids is 2. The second kappa shape index (κ2) is 17.9. The Balaban J connectivity index is 0.782. The van der Waals surface area contributed by atoms with Crippen molar-refractivity contribution in [2.24, 2.45) is 11.8 Å². The van der Waals surface area contributed by atoms with Crippen molar-refractivity contribution in [1.82, 2.24) is 0 Å². The van der Waals surface area contributed by atoms with Crippen LogP contribution in [0.25, 0.3) is 11.1 Å². The predicted octanol–water partition coefficient (Wildman–Crippen LogP) is 10.6. The minimum Gasteiger partial charge on any atom is -0.465 e. The van der Waals surface area contributed by atoms with Crippen LogP contribution in [-0.2, 0) is 24.4 Å². The Labute approximate surface area is 359 Å². The molecule has 2 saturated heterocycles. The molecule has 0 N–H and O–H groups in total. The fourth-order valence-electron chi connectivity index (χ4n) is 9.38. The van der Waals surface area contributed by atoms with Gasteiger partial charge in [-0.2, -0.15) is 0 Å². The Morgan fingerprint density at radius 1 is 0.574 bits per heavy atom. The van der Waals surface area contributed by atoms with Crippen molar-refractivity contribution in [1.29, 1.82) is 0 Å². The van der Waals surface area contributed by atoms with Gasteiger partial charge in [0.1, 0.15) is 23.0 Å². The summed E-state index contributed by atoms with van der Waals surface area (Å²) in [5, 5.41) is 0. The van der Waals surface area contributed by atoms with E-state index in [0.717, 1.165) is 86.5 Å². The summed E-state index contributed by atoms with van der Waals surface area (Å²) in [7, 11) is 0. The van der Waals surface area contributed by atoms with Crippen LogP contribution in [0.1, 0.15) is 124 Å². The van der Waals surface area contributed by atoms with Gasteiger partial charge < -0.3 is 37.9 Å². The van der Waals surface area contributed by atoms with Crippen molar-refractivity contribution in [3.05, 3.63) is 107 Å². The van der Waals surface area contributed by atoms with Crippen LogP contribution in [0.15, 0.2) is 84.9 Å². The molecular weight excluding hydrogens is 773 g/mol. The molecule has 10 nitrogen and oxygen atoms in total. The zero-order chi connectivity index (χ0) is 42.1. The van der Waals surface area contributed by atoms with Crippen molar-refractivity contribution < 1.29 is 47.5 Å². The Morgan fingerprint density at radius 3 is 1.38 bits per heavy atom. The molecule has 4 aromatic carbocycles. The van der Waals surface area contributed by atoms with E-state index in [0.29, 0.717) is 83.6 Å². The van der Waals surface area contributed by atoms with Gasteiger partial charge in [-0.15, -0.1) is 0 Å². The first-order valence-electron chi connectivity index (χ1n) is 22.4. The maximum absolute atomic E-state index is 13.3. The first-order valence-corrected chi connectivity index (χ1v) is 22.4. The molecule has 2 heterocycles. The maximum Gasteiger partial charge on any atom is 0.343 e. The van der Waals surface area contributed by atoms with E-state index in [9.17, 15) is 9.59 Å². The Hall–Kier alpha value is -4.74. The van der Waals surface area contributed by atoms with E-state index in [2.05, 4.69) is 27.7 Å². The topological polar surface area (TPSA) is 115 Å². The molecule has 0 bridgehead atoms. The highest BCUT2D eigenvalue weighted by atomic mass is 16.7. The second-order valence-corrected chi connectivity index (χ2v) is 18.0. The highest BCUT2D eigenvalue weighted by Crippen LogP contribution is 2.51. The summed E-state index contributed by atoms with van der Waals surface area (Å²) < 4.78 is 48.0. The van der Waals surface area contributed by atoms with Gasteiger partial charge in [0.25, 0.3) is 0 Å². The summed E-state index contributed by atoms with van der Waals surface area (Å²) in [5.74, 6) is 2.30. The van der Waals surface area contributed by atoms with E-state index in [-0.39, 0.29) is 12.6 Å². The summed E-state index contributed by atoms with van der Waals surface area (Å²) in [6, 6.07) is 25.5. The van der Waals surface area contributed by atoms with Gasteiger partial charge in [0.15, 0.2) is 12.6 Å². The lowest BCUT2D eigenvalue weighted by Gasteiger charge is -2.24. The van der Waals surface area contributed by atoms with E-state index in [4.69, 9.17) is 37.9 Å². The van der Waals surface area contributed by atoms with Gasteiger partial charge in [-0.3, -0.25) is 0 Å². The minimum absolute atomic E-state index is 0.344. The number of esters is 2. The van der Waals surface area contributed by atoms with E-state index < -0.39 is 17.4 Å². The van der Waals surface area contributed by atoms with E-state index >= 15 is 0 Å². The van der Waals surface area contributed by atoms with Gasteiger partial charge in [0.2, 0.25) is 0 Å². The zero-order valence-corrected chi connectivity index (χ0v) is 35.8. The molecular formula is C51H58O10. The molecule has 4 fully saturated rings. The smallest absolute Gasteiger partial charge is 0.343 e. The summed E-state index contributed by atoms with van der Waals surface area (Å²) >= 11 is 0. The number of carbonyl (C=O) groups is 2. The fourth-order valence-corrected chi connectivity index (χ4v) is 9.38. The molecule has 2 saturated carbocycles.